The fourth-order valence-corrected chi connectivity index (χ4v) is 10.8. The van der Waals surface area contributed by atoms with Gasteiger partial charge in [-0.25, -0.2) is 28.4 Å². The predicted octanol–water partition coefficient (Wildman–Crippen LogP) is 4.96. The molecule has 0 radical (unpaired) electrons. The first kappa shape index (κ1) is 52.9. The third kappa shape index (κ3) is 11.7. The average Bonchev–Trinajstić information content (AvgIpc) is 3.93. The van der Waals surface area contributed by atoms with Crippen LogP contribution in [0.1, 0.15) is 96.2 Å². The second kappa shape index (κ2) is 21.6. The molecule has 8 rings (SSSR count). The van der Waals surface area contributed by atoms with E-state index in [0.717, 1.165) is 36.1 Å². The van der Waals surface area contributed by atoms with Crippen LogP contribution in [-0.4, -0.2) is 148 Å². The molecule has 0 saturated carbocycles. The Morgan fingerprint density at radius 1 is 0.945 bits per heavy atom. The molecule has 392 valence electrons. The van der Waals surface area contributed by atoms with Crippen LogP contribution < -0.4 is 35.6 Å². The number of piperazine rings is 1. The van der Waals surface area contributed by atoms with Gasteiger partial charge in [-0.3, -0.25) is 24.4 Å². The van der Waals surface area contributed by atoms with Gasteiger partial charge in [0.05, 0.1) is 41.3 Å². The van der Waals surface area contributed by atoms with E-state index in [9.17, 15) is 22.8 Å². The van der Waals surface area contributed by atoms with Crippen molar-refractivity contribution < 1.29 is 32.3 Å². The van der Waals surface area contributed by atoms with Crippen LogP contribution in [0.15, 0.2) is 60.0 Å². The molecular weight excluding hydrogens is 951 g/mol. The van der Waals surface area contributed by atoms with Crippen molar-refractivity contribution in [1.82, 2.24) is 55.9 Å². The molecule has 5 atom stereocenters. The van der Waals surface area contributed by atoms with Crippen molar-refractivity contribution in [3.05, 3.63) is 77.5 Å². The highest BCUT2D eigenvalue weighted by Gasteiger charge is 2.46. The Balaban J connectivity index is 0.902. The van der Waals surface area contributed by atoms with Crippen LogP contribution in [0.5, 0.6) is 11.5 Å². The van der Waals surface area contributed by atoms with E-state index in [1.807, 2.05) is 46.8 Å². The van der Waals surface area contributed by atoms with Crippen molar-refractivity contribution in [3.8, 4) is 11.5 Å². The summed E-state index contributed by atoms with van der Waals surface area (Å²) in [6.07, 6.45) is 7.04. The average molecular weight is 1020 g/mol. The summed E-state index contributed by atoms with van der Waals surface area (Å²) < 4.78 is 39.7. The van der Waals surface area contributed by atoms with E-state index in [0.29, 0.717) is 67.0 Å². The topological polar surface area (TPSA) is 242 Å². The van der Waals surface area contributed by atoms with E-state index in [2.05, 4.69) is 73.3 Å². The number of hydrogen-bond donors (Lipinski definition) is 5. The third-order valence-electron chi connectivity index (χ3n) is 14.3. The Morgan fingerprint density at radius 3 is 2.34 bits per heavy atom. The summed E-state index contributed by atoms with van der Waals surface area (Å²) in [5.41, 5.74) is 3.99. The molecule has 2 aliphatic heterocycles. The number of aromatic nitrogens is 6. The number of hydrogen-bond acceptors (Lipinski definition) is 16. The highest BCUT2D eigenvalue weighted by molar-refractivity contribution is 7.92. The molecule has 21 heteroatoms. The van der Waals surface area contributed by atoms with Gasteiger partial charge in [0.1, 0.15) is 47.6 Å². The molecule has 2 saturated heterocycles. The lowest BCUT2D eigenvalue weighted by Gasteiger charge is -2.36. The maximum absolute atomic E-state index is 14.6. The second-order valence-electron chi connectivity index (χ2n) is 21.4. The van der Waals surface area contributed by atoms with Gasteiger partial charge in [0.25, 0.3) is 0 Å². The Labute approximate surface area is 428 Å². The number of nitrogens with one attached hydrogen (secondary N) is 5. The Hall–Kier alpha value is -6.45. The molecule has 1 aliphatic carbocycles. The van der Waals surface area contributed by atoms with Gasteiger partial charge in [-0.05, 0) is 90.5 Å². The molecule has 3 aliphatic rings. The quantitative estimate of drug-likeness (QED) is 0.0878. The summed E-state index contributed by atoms with van der Waals surface area (Å²) in [4.78, 5) is 66.2. The van der Waals surface area contributed by atoms with Crippen LogP contribution in [-0.2, 0) is 30.6 Å². The van der Waals surface area contributed by atoms with Crippen LogP contribution in [0.2, 0.25) is 0 Å². The number of sulfone groups is 1. The van der Waals surface area contributed by atoms with Crippen LogP contribution >= 0.6 is 0 Å². The predicted molar refractivity (Wildman–Crippen MR) is 279 cm³/mol. The number of likely N-dealkylation sites (tertiary alicyclic amines) is 1. The molecule has 2 unspecified atom stereocenters. The molecule has 0 bridgehead atoms. The molecule has 5 heterocycles. The number of carbonyl (C=O) groups excluding carboxylic acids is 3. The van der Waals surface area contributed by atoms with E-state index >= 15 is 0 Å². The summed E-state index contributed by atoms with van der Waals surface area (Å²) in [5, 5.41) is 20.2. The SMILES string of the molecule is CNC(C)C(=O)NC(C(=O)N1C[C@@H](Oc2cnc(N3CCN(CCOc4cc5ncnc(Nc6n[nH]c(C)c6C)c5cc4S(=O)(=O)C(C)(C)C)CC3)nc2)C[C@H]1C(=O)N[C@@H]1CCCc2ccccc21)C(C)(C)C. The summed E-state index contributed by atoms with van der Waals surface area (Å²) in [7, 11) is -2.17. The largest absolute Gasteiger partial charge is 0.491 e. The van der Waals surface area contributed by atoms with Gasteiger partial charge < -0.3 is 40.5 Å². The Kier molecular flexibility index (Phi) is 15.6. The molecule has 3 aromatic heterocycles. The first-order valence-corrected chi connectivity index (χ1v) is 26.7. The number of rotatable bonds is 16. The standard InChI is InChI=1S/C52H71N13O7S/c1-31-32(2)61-62-45(31)60-46-38-25-43(73(69,70)52(7,8)9)42(26-40(38)56-30-57-46)71-23-22-63-18-20-64(21-19-63)50-54-27-36(28-55-50)72-35-24-41(48(67)58-39-17-13-15-34-14-11-12-16-37(34)39)65(29-35)49(68)44(51(4,5)6)59-47(66)33(3)53-10/h11-12,14,16,25-28,30,33,35,39,41,44,53H,13,15,17-24,29H2,1-10H3,(H,58,67)(H,59,66)(H2,56,57,60,61,62)/t33?,35-,39+,41-,44?/m0/s1. The summed E-state index contributed by atoms with van der Waals surface area (Å²) in [6, 6.07) is 8.96. The molecule has 5 N–H and O–H groups in total. The zero-order chi connectivity index (χ0) is 52.4. The van der Waals surface area contributed by atoms with Gasteiger partial charge in [-0.1, -0.05) is 45.0 Å². The molecule has 73 heavy (non-hydrogen) atoms. The Morgan fingerprint density at radius 2 is 1.67 bits per heavy atom. The van der Waals surface area contributed by atoms with Crippen molar-refractivity contribution in [2.75, 3.05) is 63.1 Å². The minimum atomic E-state index is -3.86. The molecule has 2 aromatic carbocycles. The number of anilines is 3. The molecule has 0 spiro atoms. The first-order valence-electron chi connectivity index (χ1n) is 25.2. The van der Waals surface area contributed by atoms with Crippen molar-refractivity contribution >= 4 is 56.0 Å². The lowest BCUT2D eigenvalue weighted by molar-refractivity contribution is -0.144. The molecular formula is C52H71N13O7S. The monoisotopic (exact) mass is 1020 g/mol. The van der Waals surface area contributed by atoms with Crippen molar-refractivity contribution in [2.24, 2.45) is 5.41 Å². The smallest absolute Gasteiger partial charge is 0.246 e. The number of amides is 3. The minimum absolute atomic E-state index is 0.0644. The van der Waals surface area contributed by atoms with Gasteiger partial charge in [-0.2, -0.15) is 5.10 Å². The fraction of sp³-hybridized carbons (Fsp3) is 0.538. The van der Waals surface area contributed by atoms with Gasteiger partial charge in [0, 0.05) is 61.9 Å². The third-order valence-corrected chi connectivity index (χ3v) is 16.8. The lowest BCUT2D eigenvalue weighted by atomic mass is 9.85. The second-order valence-corrected chi connectivity index (χ2v) is 24.1. The maximum Gasteiger partial charge on any atom is 0.246 e. The highest BCUT2D eigenvalue weighted by Crippen LogP contribution is 2.38. The van der Waals surface area contributed by atoms with Crippen molar-refractivity contribution in [2.45, 2.75) is 128 Å². The van der Waals surface area contributed by atoms with Crippen LogP contribution in [0, 0.1) is 19.3 Å². The molecule has 20 nitrogen and oxygen atoms in total. The van der Waals surface area contributed by atoms with Crippen LogP contribution in [0.3, 0.4) is 0 Å². The van der Waals surface area contributed by atoms with Crippen molar-refractivity contribution in [3.63, 3.8) is 0 Å². The van der Waals surface area contributed by atoms with Crippen LogP contribution in [0.25, 0.3) is 10.9 Å². The molecule has 3 amide bonds. The number of likely N-dealkylation sites (N-methyl/N-ethyl adjacent to an activating group) is 1. The lowest BCUT2D eigenvalue weighted by Crippen LogP contribution is -2.59. The highest BCUT2D eigenvalue weighted by atomic mass is 32.2. The van der Waals surface area contributed by atoms with E-state index in [-0.39, 0.29) is 54.0 Å². The van der Waals surface area contributed by atoms with E-state index < -0.39 is 44.2 Å². The molecule has 5 aromatic rings. The zero-order valence-corrected chi connectivity index (χ0v) is 44.5. The number of H-pyrrole nitrogens is 1. The van der Waals surface area contributed by atoms with Gasteiger partial charge in [0.2, 0.25) is 23.7 Å². The maximum atomic E-state index is 14.6. The van der Waals surface area contributed by atoms with Crippen LogP contribution in [0.4, 0.5) is 17.6 Å². The van der Waals surface area contributed by atoms with Gasteiger partial charge >= 0.3 is 0 Å². The van der Waals surface area contributed by atoms with Crippen molar-refractivity contribution in [1.29, 1.82) is 0 Å². The minimum Gasteiger partial charge on any atom is -0.491 e. The normalized spacial score (nSPS) is 19.5. The summed E-state index contributed by atoms with van der Waals surface area (Å²) in [5.74, 6) is 1.27. The number of ether oxygens (including phenoxy) is 2. The number of carbonyl (C=O) groups is 3. The first-order chi connectivity index (χ1) is 34.6. The van der Waals surface area contributed by atoms with E-state index in [1.165, 1.54) is 11.9 Å². The number of aryl methyl sites for hydroxylation is 2. The Bertz CT molecular complexity index is 2910. The zero-order valence-electron chi connectivity index (χ0n) is 43.7. The summed E-state index contributed by atoms with van der Waals surface area (Å²) in [6.45, 7) is 19.8. The number of benzene rings is 2. The van der Waals surface area contributed by atoms with Gasteiger partial charge in [0.15, 0.2) is 21.4 Å². The summed E-state index contributed by atoms with van der Waals surface area (Å²) >= 11 is 0. The fourth-order valence-electron chi connectivity index (χ4n) is 9.48. The van der Waals surface area contributed by atoms with Gasteiger partial charge in [-0.15, -0.1) is 0 Å². The number of nitrogens with zero attached hydrogens (tertiary/aromatic N) is 8. The number of fused-ring (bicyclic) bond motifs is 2. The molecule has 2 fully saturated rings. The van der Waals surface area contributed by atoms with E-state index in [1.54, 1.807) is 64.2 Å². The number of aromatic amines is 1. The van der Waals surface area contributed by atoms with E-state index in [4.69, 9.17) is 9.47 Å².